The minimum atomic E-state index is -3.30. The van der Waals surface area contributed by atoms with E-state index < -0.39 is 69.7 Å². The summed E-state index contributed by atoms with van der Waals surface area (Å²) in [5, 5.41) is 23.0. The van der Waals surface area contributed by atoms with Gasteiger partial charge in [0.25, 0.3) is 0 Å². The average molecular weight is 884 g/mol. The molecule has 2 aromatic carbocycles. The molecule has 62 heavy (non-hydrogen) atoms. The van der Waals surface area contributed by atoms with Crippen LogP contribution in [0.2, 0.25) is 0 Å². The molecule has 0 bridgehead atoms. The highest BCUT2D eigenvalue weighted by molar-refractivity contribution is 7.88. The number of hydrogen-bond donors (Lipinski definition) is 6. The predicted molar refractivity (Wildman–Crippen MR) is 233 cm³/mol. The maximum atomic E-state index is 14.3. The van der Waals surface area contributed by atoms with E-state index in [1.165, 1.54) is 10.6 Å². The van der Waals surface area contributed by atoms with Crippen LogP contribution in [0.15, 0.2) is 60.7 Å². The van der Waals surface area contributed by atoms with E-state index in [4.69, 9.17) is 4.74 Å². The summed E-state index contributed by atoms with van der Waals surface area (Å²) in [6.45, 7) is 10.9. The van der Waals surface area contributed by atoms with Gasteiger partial charge in [-0.2, -0.15) is 0 Å². The Balaban J connectivity index is 1.50. The van der Waals surface area contributed by atoms with Gasteiger partial charge in [0.05, 0.1) is 6.26 Å². The second-order valence-electron chi connectivity index (χ2n) is 18.0. The Kier molecular flexibility index (Phi) is 17.7. The Bertz CT molecular complexity index is 1940. The van der Waals surface area contributed by atoms with Crippen molar-refractivity contribution in [2.75, 3.05) is 39.0 Å². The summed E-state index contributed by atoms with van der Waals surface area (Å²) in [6.07, 6.45) is 1.87. The molecule has 18 heteroatoms. The van der Waals surface area contributed by atoms with Crippen LogP contribution in [0.1, 0.15) is 84.3 Å². The lowest BCUT2D eigenvalue weighted by Crippen LogP contribution is -2.63. The minimum absolute atomic E-state index is 0.0284. The number of ether oxygens (including phenoxy) is 1. The summed E-state index contributed by atoms with van der Waals surface area (Å²) in [4.78, 5) is 82.1. The second kappa shape index (κ2) is 22.2. The van der Waals surface area contributed by atoms with Gasteiger partial charge in [-0.1, -0.05) is 74.5 Å². The van der Waals surface area contributed by atoms with E-state index in [9.17, 15) is 42.3 Å². The van der Waals surface area contributed by atoms with Gasteiger partial charge in [0.1, 0.15) is 29.8 Å². The SMILES string of the molecule is CC(C)CC(NC(=O)C(Cc1ccccc1)NC(=O)C(Cc1ccccc1)NC(=O)O)C(=O)NC(CCCCNC(=O)OC(C)(C)C)C(=O)N1CCC2(CC1)CN(S(C)(=O)=O)C2. The monoisotopic (exact) mass is 883 g/mol. The smallest absolute Gasteiger partial charge is 0.407 e. The Morgan fingerprint density at radius 1 is 0.742 bits per heavy atom. The van der Waals surface area contributed by atoms with E-state index in [2.05, 4.69) is 26.6 Å². The number of carbonyl (C=O) groups is 6. The number of piperidine rings is 1. The number of nitrogens with zero attached hydrogens (tertiary/aromatic N) is 2. The lowest BCUT2D eigenvalue weighted by atomic mass is 9.73. The fraction of sp³-hybridized carbons (Fsp3) is 0.591. The molecule has 0 aliphatic carbocycles. The van der Waals surface area contributed by atoms with Crippen LogP contribution in [0.25, 0.3) is 0 Å². The van der Waals surface area contributed by atoms with Crippen molar-refractivity contribution in [3.05, 3.63) is 71.8 Å². The summed E-state index contributed by atoms with van der Waals surface area (Å²) in [5.41, 5.74) is 0.548. The molecule has 0 saturated carbocycles. The van der Waals surface area contributed by atoms with Gasteiger partial charge in [-0.05, 0) is 76.3 Å². The van der Waals surface area contributed by atoms with Crippen LogP contribution in [0.3, 0.4) is 0 Å². The van der Waals surface area contributed by atoms with Crippen LogP contribution < -0.4 is 26.6 Å². The number of unbranched alkanes of at least 4 members (excludes halogenated alkanes) is 1. The van der Waals surface area contributed by atoms with Gasteiger partial charge in [-0.15, -0.1) is 0 Å². The number of likely N-dealkylation sites (tertiary alicyclic amines) is 1. The summed E-state index contributed by atoms with van der Waals surface area (Å²) in [5.74, 6) is -2.36. The van der Waals surface area contributed by atoms with Crippen LogP contribution in [-0.4, -0.2) is 127 Å². The van der Waals surface area contributed by atoms with E-state index in [1.54, 1.807) is 80.3 Å². The number of sulfonamides is 1. The van der Waals surface area contributed by atoms with Crippen LogP contribution in [0, 0.1) is 11.3 Å². The first-order valence-electron chi connectivity index (χ1n) is 21.3. The first-order chi connectivity index (χ1) is 29.1. The predicted octanol–water partition coefficient (Wildman–Crippen LogP) is 3.19. The number of amides is 6. The van der Waals surface area contributed by atoms with Crippen molar-refractivity contribution in [1.29, 1.82) is 0 Å². The molecule has 2 aliphatic heterocycles. The molecule has 17 nitrogen and oxygen atoms in total. The van der Waals surface area contributed by atoms with E-state index in [0.29, 0.717) is 63.0 Å². The third-order valence-electron chi connectivity index (χ3n) is 11.0. The van der Waals surface area contributed by atoms with Crippen molar-refractivity contribution in [1.82, 2.24) is 35.8 Å². The van der Waals surface area contributed by atoms with Gasteiger partial charge >= 0.3 is 12.2 Å². The molecule has 4 rings (SSSR count). The molecule has 342 valence electrons. The lowest BCUT2D eigenvalue weighted by Gasteiger charge is -2.53. The highest BCUT2D eigenvalue weighted by atomic mass is 32.2. The summed E-state index contributed by atoms with van der Waals surface area (Å²) in [6, 6.07) is 13.3. The van der Waals surface area contributed by atoms with Gasteiger partial charge < -0.3 is 41.3 Å². The Labute approximate surface area is 365 Å². The number of carboxylic acid groups (broad SMARTS) is 1. The zero-order valence-corrected chi connectivity index (χ0v) is 37.6. The third kappa shape index (κ3) is 15.9. The highest BCUT2D eigenvalue weighted by Gasteiger charge is 2.49. The largest absolute Gasteiger partial charge is 0.465 e. The molecule has 6 amide bonds. The van der Waals surface area contributed by atoms with Crippen molar-refractivity contribution in [2.45, 2.75) is 116 Å². The molecule has 2 aromatic rings. The van der Waals surface area contributed by atoms with Gasteiger partial charge in [0.15, 0.2) is 0 Å². The molecule has 2 fully saturated rings. The fourth-order valence-corrected chi connectivity index (χ4v) is 8.71. The maximum absolute atomic E-state index is 14.3. The molecule has 2 saturated heterocycles. The first-order valence-corrected chi connectivity index (χ1v) is 23.2. The van der Waals surface area contributed by atoms with Gasteiger partial charge in [0.2, 0.25) is 33.7 Å². The summed E-state index contributed by atoms with van der Waals surface area (Å²) < 4.78 is 30.9. The molecule has 4 atom stereocenters. The number of alkyl carbamates (subject to hydrolysis) is 1. The quantitative estimate of drug-likeness (QED) is 0.106. The summed E-state index contributed by atoms with van der Waals surface area (Å²) in [7, 11) is -3.30. The number of benzene rings is 2. The van der Waals surface area contributed by atoms with Gasteiger partial charge in [-0.3, -0.25) is 19.2 Å². The number of nitrogens with one attached hydrogen (secondary N) is 5. The van der Waals surface area contributed by atoms with Gasteiger partial charge in [-0.25, -0.2) is 22.3 Å². The normalized spacial score (nSPS) is 17.1. The maximum Gasteiger partial charge on any atom is 0.407 e. The Morgan fingerprint density at radius 3 is 1.71 bits per heavy atom. The fourth-order valence-electron chi connectivity index (χ4n) is 7.70. The van der Waals surface area contributed by atoms with Crippen molar-refractivity contribution in [3.8, 4) is 0 Å². The number of rotatable bonds is 20. The number of hydrogen-bond acceptors (Lipinski definition) is 9. The third-order valence-corrected chi connectivity index (χ3v) is 12.2. The zero-order valence-electron chi connectivity index (χ0n) is 36.8. The van der Waals surface area contributed by atoms with Crippen LogP contribution in [0.4, 0.5) is 9.59 Å². The van der Waals surface area contributed by atoms with Crippen molar-refractivity contribution < 1.29 is 47.0 Å². The molecule has 0 aromatic heterocycles. The second-order valence-corrected chi connectivity index (χ2v) is 20.0. The molecule has 2 aliphatic rings. The molecular weight excluding hydrogens is 819 g/mol. The van der Waals surface area contributed by atoms with Crippen LogP contribution in [-0.2, 0) is 46.8 Å². The molecule has 4 unspecified atom stereocenters. The Hall–Kier alpha value is -5.23. The van der Waals surface area contributed by atoms with Crippen LogP contribution in [0.5, 0.6) is 0 Å². The topological polar surface area (TPSA) is 233 Å². The summed E-state index contributed by atoms with van der Waals surface area (Å²) >= 11 is 0. The number of carbonyl (C=O) groups excluding carboxylic acids is 5. The highest BCUT2D eigenvalue weighted by Crippen LogP contribution is 2.41. The van der Waals surface area contributed by atoms with E-state index in [0.717, 1.165) is 0 Å². The minimum Gasteiger partial charge on any atom is -0.465 e. The Morgan fingerprint density at radius 2 is 1.23 bits per heavy atom. The van der Waals surface area contributed by atoms with E-state index in [-0.39, 0.29) is 49.5 Å². The molecule has 6 N–H and O–H groups in total. The zero-order chi connectivity index (χ0) is 45.7. The molecular formula is C44H65N7O10S. The lowest BCUT2D eigenvalue weighted by molar-refractivity contribution is -0.140. The standard InChI is InChI=1S/C44H65N7O10S/c1-30(2)25-34(47-38(53)35(26-31-15-9-7-10-16-31)48-39(54)36(49-41(56)57)27-32-17-11-8-12-18-32)37(52)46-33(19-13-14-22-45-42(58)61-43(3,4)5)40(55)50-23-20-44(21-24-50)28-51(29-44)62(6,59)60/h7-12,15-18,30,33-36,49H,13-14,19-29H2,1-6H3,(H,45,58)(H,46,52)(H,47,53)(H,48,54)(H,56,57). The van der Waals surface area contributed by atoms with Crippen molar-refractivity contribution >= 4 is 45.8 Å². The van der Waals surface area contributed by atoms with Crippen molar-refractivity contribution in [2.24, 2.45) is 11.3 Å². The first kappa shape index (κ1) is 49.4. The molecule has 0 radical (unpaired) electrons. The average Bonchev–Trinajstić information content (AvgIpc) is 3.17. The van der Waals surface area contributed by atoms with Gasteiger partial charge in [0, 0.05) is 51.0 Å². The van der Waals surface area contributed by atoms with Crippen LogP contribution >= 0.6 is 0 Å². The van der Waals surface area contributed by atoms with E-state index in [1.807, 2.05) is 19.9 Å². The molecule has 2 heterocycles. The van der Waals surface area contributed by atoms with E-state index >= 15 is 0 Å². The van der Waals surface area contributed by atoms with Crippen molar-refractivity contribution in [3.63, 3.8) is 0 Å². The molecule has 1 spiro atoms.